The molecule has 0 spiro atoms. The number of rotatable bonds is 4. The van der Waals surface area contributed by atoms with Gasteiger partial charge in [0.15, 0.2) is 0 Å². The van der Waals surface area contributed by atoms with E-state index in [1.54, 1.807) is 42.1 Å². The fraction of sp³-hybridized carbons (Fsp3) is 0.190. The van der Waals surface area contributed by atoms with Crippen LogP contribution in [0.3, 0.4) is 0 Å². The number of hydrogen-bond donors (Lipinski definition) is 1. The molecular formula is C21H19FN4O3. The number of aromatic nitrogens is 2. The zero-order valence-electron chi connectivity index (χ0n) is 15.7. The zero-order valence-corrected chi connectivity index (χ0v) is 15.7. The van der Waals surface area contributed by atoms with Gasteiger partial charge < -0.3 is 19.5 Å². The first-order valence-corrected chi connectivity index (χ1v) is 9.08. The van der Waals surface area contributed by atoms with Gasteiger partial charge in [0, 0.05) is 19.8 Å². The molecule has 29 heavy (non-hydrogen) atoms. The minimum absolute atomic E-state index is 0.0237. The summed E-state index contributed by atoms with van der Waals surface area (Å²) >= 11 is 0. The highest BCUT2D eigenvalue weighted by molar-refractivity contribution is 6.02. The van der Waals surface area contributed by atoms with E-state index in [9.17, 15) is 14.0 Å². The molecule has 0 radical (unpaired) electrons. The summed E-state index contributed by atoms with van der Waals surface area (Å²) in [7, 11) is 1.64. The number of likely N-dealkylation sites (N-methyl/N-ethyl adjacent to an activating group) is 1. The molecule has 1 N–H and O–H groups in total. The minimum atomic E-state index is -0.840. The smallest absolute Gasteiger partial charge is 0.272 e. The molecule has 2 aromatic carbocycles. The number of imidazole rings is 1. The molecule has 1 atom stereocenters. The van der Waals surface area contributed by atoms with E-state index in [-0.39, 0.29) is 24.0 Å². The number of amides is 2. The Morgan fingerprint density at radius 3 is 2.93 bits per heavy atom. The van der Waals surface area contributed by atoms with Crippen molar-refractivity contribution in [3.63, 3.8) is 0 Å². The monoisotopic (exact) mass is 394 g/mol. The van der Waals surface area contributed by atoms with Crippen molar-refractivity contribution >= 4 is 17.5 Å². The maximum absolute atomic E-state index is 13.3. The van der Waals surface area contributed by atoms with E-state index in [1.165, 1.54) is 23.4 Å². The standard InChI is InChI=1S/C21H19FN4O3/c1-25-18-7-2-3-8-19(18)29-12-17(21(25)28)24-20(27)16-11-26(13-23-16)10-14-5-4-6-15(22)9-14/h2-9,11,13,17H,10,12H2,1H3,(H,24,27)/t17-/m0/s1. The van der Waals surface area contributed by atoms with Crippen LogP contribution in [0.5, 0.6) is 5.75 Å². The first-order chi connectivity index (χ1) is 14.0. The topological polar surface area (TPSA) is 76.5 Å². The van der Waals surface area contributed by atoms with Gasteiger partial charge in [-0.2, -0.15) is 0 Å². The normalized spacial score (nSPS) is 16.0. The van der Waals surface area contributed by atoms with Crippen LogP contribution in [0.15, 0.2) is 61.1 Å². The van der Waals surface area contributed by atoms with Crippen LogP contribution in [0.25, 0.3) is 0 Å². The molecule has 1 aliphatic rings. The van der Waals surface area contributed by atoms with Gasteiger partial charge in [-0.05, 0) is 29.8 Å². The molecule has 1 aromatic heterocycles. The maximum Gasteiger partial charge on any atom is 0.272 e. The van der Waals surface area contributed by atoms with Crippen LogP contribution in [0.4, 0.5) is 10.1 Å². The Labute approximate surface area is 166 Å². The number of hydrogen-bond acceptors (Lipinski definition) is 4. The lowest BCUT2D eigenvalue weighted by Crippen LogP contribution is -2.49. The summed E-state index contributed by atoms with van der Waals surface area (Å²) in [4.78, 5) is 30.9. The van der Waals surface area contributed by atoms with Crippen molar-refractivity contribution in [3.05, 3.63) is 78.1 Å². The number of nitrogens with zero attached hydrogens (tertiary/aromatic N) is 3. The Bertz CT molecular complexity index is 1070. The molecule has 148 valence electrons. The Hall–Kier alpha value is -3.68. The SMILES string of the molecule is CN1C(=O)[C@@H](NC(=O)c2cn(Cc3cccc(F)c3)cn2)COc2ccccc21. The van der Waals surface area contributed by atoms with Crippen molar-refractivity contribution in [2.45, 2.75) is 12.6 Å². The Balaban J connectivity index is 1.44. The van der Waals surface area contributed by atoms with E-state index < -0.39 is 11.9 Å². The molecule has 7 nitrogen and oxygen atoms in total. The van der Waals surface area contributed by atoms with Gasteiger partial charge in [-0.25, -0.2) is 9.37 Å². The fourth-order valence-corrected chi connectivity index (χ4v) is 3.20. The summed E-state index contributed by atoms with van der Waals surface area (Å²) in [6, 6.07) is 12.6. The van der Waals surface area contributed by atoms with Crippen molar-refractivity contribution in [2.24, 2.45) is 0 Å². The third-order valence-electron chi connectivity index (χ3n) is 4.69. The highest BCUT2D eigenvalue weighted by Gasteiger charge is 2.30. The van der Waals surface area contributed by atoms with Crippen LogP contribution >= 0.6 is 0 Å². The molecule has 8 heteroatoms. The lowest BCUT2D eigenvalue weighted by Gasteiger charge is -2.20. The Kier molecular flexibility index (Phi) is 4.99. The number of fused-ring (bicyclic) bond motifs is 1. The first kappa shape index (κ1) is 18.7. The van der Waals surface area contributed by atoms with Crippen molar-refractivity contribution in [1.82, 2.24) is 14.9 Å². The average Bonchev–Trinajstić information content (AvgIpc) is 3.14. The summed E-state index contributed by atoms with van der Waals surface area (Å²) in [6.45, 7) is 0.400. The third kappa shape index (κ3) is 3.96. The van der Waals surface area contributed by atoms with Gasteiger partial charge in [-0.3, -0.25) is 9.59 Å². The van der Waals surface area contributed by atoms with E-state index in [0.29, 0.717) is 18.0 Å². The van der Waals surface area contributed by atoms with Gasteiger partial charge in [0.25, 0.3) is 11.8 Å². The summed E-state index contributed by atoms with van der Waals surface area (Å²) in [6.07, 6.45) is 3.05. The van der Waals surface area contributed by atoms with E-state index in [1.807, 2.05) is 12.1 Å². The van der Waals surface area contributed by atoms with Gasteiger partial charge in [0.2, 0.25) is 0 Å². The van der Waals surface area contributed by atoms with E-state index >= 15 is 0 Å². The van der Waals surface area contributed by atoms with Crippen LogP contribution in [0, 0.1) is 5.82 Å². The number of carbonyl (C=O) groups is 2. The number of nitrogens with one attached hydrogen (secondary N) is 1. The Morgan fingerprint density at radius 1 is 1.28 bits per heavy atom. The van der Waals surface area contributed by atoms with Crippen LogP contribution < -0.4 is 15.0 Å². The van der Waals surface area contributed by atoms with Gasteiger partial charge in [0.1, 0.15) is 29.9 Å². The predicted octanol–water partition coefficient (Wildman–Crippen LogP) is 2.22. The van der Waals surface area contributed by atoms with E-state index in [4.69, 9.17) is 4.74 Å². The molecule has 3 aromatic rings. The van der Waals surface area contributed by atoms with Crippen LogP contribution in [0.2, 0.25) is 0 Å². The van der Waals surface area contributed by atoms with Crippen LogP contribution in [-0.4, -0.2) is 41.1 Å². The van der Waals surface area contributed by atoms with E-state index in [0.717, 1.165) is 5.56 Å². The minimum Gasteiger partial charge on any atom is -0.489 e. The summed E-state index contributed by atoms with van der Waals surface area (Å²) in [5, 5.41) is 2.69. The molecule has 0 bridgehead atoms. The van der Waals surface area contributed by atoms with Gasteiger partial charge in [-0.1, -0.05) is 24.3 Å². The van der Waals surface area contributed by atoms with Gasteiger partial charge in [-0.15, -0.1) is 0 Å². The molecule has 1 aliphatic heterocycles. The van der Waals surface area contributed by atoms with Gasteiger partial charge in [0.05, 0.1) is 12.0 Å². The van der Waals surface area contributed by atoms with Crippen LogP contribution in [0.1, 0.15) is 16.1 Å². The second-order valence-corrected chi connectivity index (χ2v) is 6.76. The lowest BCUT2D eigenvalue weighted by atomic mass is 10.2. The molecule has 0 aliphatic carbocycles. The van der Waals surface area contributed by atoms with Gasteiger partial charge >= 0.3 is 0 Å². The summed E-state index contributed by atoms with van der Waals surface area (Å²) in [5.74, 6) is -0.496. The highest BCUT2D eigenvalue weighted by Crippen LogP contribution is 2.29. The van der Waals surface area contributed by atoms with Crippen molar-refractivity contribution in [2.75, 3.05) is 18.6 Å². The fourth-order valence-electron chi connectivity index (χ4n) is 3.20. The van der Waals surface area contributed by atoms with E-state index in [2.05, 4.69) is 10.3 Å². The second-order valence-electron chi connectivity index (χ2n) is 6.76. The summed E-state index contributed by atoms with van der Waals surface area (Å²) in [5.41, 5.74) is 1.56. The first-order valence-electron chi connectivity index (χ1n) is 9.08. The number of benzene rings is 2. The van der Waals surface area contributed by atoms with Crippen molar-refractivity contribution < 1.29 is 18.7 Å². The molecule has 4 rings (SSSR count). The van der Waals surface area contributed by atoms with Crippen LogP contribution in [-0.2, 0) is 11.3 Å². The number of ether oxygens (including phenoxy) is 1. The largest absolute Gasteiger partial charge is 0.489 e. The predicted molar refractivity (Wildman–Crippen MR) is 104 cm³/mol. The molecule has 2 heterocycles. The highest BCUT2D eigenvalue weighted by atomic mass is 19.1. The molecule has 0 saturated heterocycles. The van der Waals surface area contributed by atoms with Crippen molar-refractivity contribution in [3.8, 4) is 5.75 Å². The molecular weight excluding hydrogens is 375 g/mol. The molecule has 0 fully saturated rings. The second kappa shape index (κ2) is 7.75. The number of halogens is 1. The number of anilines is 1. The molecule has 0 unspecified atom stereocenters. The zero-order chi connectivity index (χ0) is 20.4. The average molecular weight is 394 g/mol. The third-order valence-corrected chi connectivity index (χ3v) is 4.69. The summed E-state index contributed by atoms with van der Waals surface area (Å²) < 4.78 is 20.7. The van der Waals surface area contributed by atoms with Crippen molar-refractivity contribution in [1.29, 1.82) is 0 Å². The molecule has 2 amide bonds. The number of para-hydroxylation sites is 2. The maximum atomic E-state index is 13.3. The lowest BCUT2D eigenvalue weighted by molar-refractivity contribution is -0.120. The quantitative estimate of drug-likeness (QED) is 0.736. The number of carbonyl (C=O) groups excluding carboxylic acids is 2. The Morgan fingerprint density at radius 2 is 2.10 bits per heavy atom. The molecule has 0 saturated carbocycles.